The van der Waals surface area contributed by atoms with Crippen LogP contribution >= 0.6 is 0 Å². The molecule has 6 heteroatoms. The maximum Gasteiger partial charge on any atom is 0.238 e. The number of fused-ring (bicyclic) bond motifs is 9. The largest absolute Gasteiger partial charge is 0.485 e. The van der Waals surface area contributed by atoms with Gasteiger partial charge >= 0.3 is 0 Å². The normalized spacial score (nSPS) is 15.9. The summed E-state index contributed by atoms with van der Waals surface area (Å²) in [6.45, 7) is 0. The first-order valence-electron chi connectivity index (χ1n) is 19.3. The first kappa shape index (κ1) is 31.7. The minimum Gasteiger partial charge on any atom is -0.485 e. The molecule has 0 saturated heterocycles. The van der Waals surface area contributed by atoms with E-state index in [0.29, 0.717) is 17.6 Å². The molecule has 268 valence electrons. The van der Waals surface area contributed by atoms with Crippen molar-refractivity contribution in [1.29, 1.82) is 0 Å². The molecule has 0 N–H and O–H groups in total. The molecule has 2 unspecified atom stereocenters. The second-order valence-electron chi connectivity index (χ2n) is 14.7. The van der Waals surface area contributed by atoms with Gasteiger partial charge in [0.1, 0.15) is 23.0 Å². The maximum atomic E-state index is 6.42. The Morgan fingerprint density at radius 3 is 2.14 bits per heavy atom. The predicted octanol–water partition coefficient (Wildman–Crippen LogP) is 12.4. The third kappa shape index (κ3) is 5.07. The summed E-state index contributed by atoms with van der Waals surface area (Å²) in [5, 5.41) is 4.50. The summed E-state index contributed by atoms with van der Waals surface area (Å²) in [7, 11) is 0. The summed E-state index contributed by atoms with van der Waals surface area (Å²) in [4.78, 5) is 15.6. The van der Waals surface area contributed by atoms with Crippen molar-refractivity contribution in [3.8, 4) is 45.3 Å². The summed E-state index contributed by atoms with van der Waals surface area (Å²) in [6.07, 6.45) is 6.37. The van der Waals surface area contributed by atoms with Crippen LogP contribution in [0.1, 0.15) is 17.3 Å². The summed E-state index contributed by atoms with van der Waals surface area (Å²) in [6, 6.07) is 56.9. The highest BCUT2D eigenvalue weighted by molar-refractivity contribution is 6.13. The lowest BCUT2D eigenvalue weighted by atomic mass is 9.89. The highest BCUT2D eigenvalue weighted by atomic mass is 16.5. The quantitative estimate of drug-likeness (QED) is 0.176. The number of benzene rings is 7. The summed E-state index contributed by atoms with van der Waals surface area (Å²) >= 11 is 0. The van der Waals surface area contributed by atoms with E-state index in [4.69, 9.17) is 24.1 Å². The van der Waals surface area contributed by atoms with Crippen LogP contribution in [0.5, 0.6) is 5.75 Å². The van der Waals surface area contributed by atoms with Crippen LogP contribution in [0.15, 0.2) is 186 Å². The zero-order valence-electron chi connectivity index (χ0n) is 30.6. The average molecular weight is 733 g/mol. The van der Waals surface area contributed by atoms with E-state index in [2.05, 4.69) is 132 Å². The van der Waals surface area contributed by atoms with Gasteiger partial charge in [0.15, 0.2) is 11.6 Å². The fourth-order valence-electron chi connectivity index (χ4n) is 8.72. The molecule has 0 radical (unpaired) electrons. The molecule has 57 heavy (non-hydrogen) atoms. The van der Waals surface area contributed by atoms with Gasteiger partial charge in [-0.2, -0.15) is 9.97 Å². The van der Waals surface area contributed by atoms with Gasteiger partial charge in [-0.1, -0.05) is 146 Å². The van der Waals surface area contributed by atoms with Crippen LogP contribution in [-0.2, 0) is 0 Å². The Morgan fingerprint density at radius 1 is 0.509 bits per heavy atom. The molecular weight excluding hydrogens is 701 g/mol. The van der Waals surface area contributed by atoms with Crippen LogP contribution in [0.3, 0.4) is 0 Å². The molecule has 7 aromatic carbocycles. The molecule has 2 aliphatic rings. The maximum absolute atomic E-state index is 6.42. The SMILES string of the molecule is C1=CC2c3ccccc3OC2C=C1c1nc(-c2ccccc2)nc(-n2c3ccccc3c3cccc(-c4ccc(-c5ccc6oc7ccccc7c6c5)cc4)c32)n1. The Morgan fingerprint density at radius 2 is 1.23 bits per heavy atom. The van der Waals surface area contributed by atoms with Crippen LogP contribution in [0.25, 0.3) is 88.9 Å². The van der Waals surface area contributed by atoms with E-state index in [1.807, 2.05) is 54.6 Å². The fraction of sp³-hybridized carbons (Fsp3) is 0.0392. The Kier molecular flexibility index (Phi) is 6.95. The molecule has 0 bridgehead atoms. The fourth-order valence-corrected chi connectivity index (χ4v) is 8.72. The smallest absolute Gasteiger partial charge is 0.238 e. The number of nitrogens with zero attached hydrogens (tertiary/aromatic N) is 4. The van der Waals surface area contributed by atoms with Gasteiger partial charge in [0, 0.05) is 49.7 Å². The lowest BCUT2D eigenvalue weighted by molar-refractivity contribution is 0.269. The molecule has 1 aliphatic heterocycles. The highest BCUT2D eigenvalue weighted by Crippen LogP contribution is 2.43. The van der Waals surface area contributed by atoms with E-state index in [1.54, 1.807) is 0 Å². The number of rotatable bonds is 5. The minimum absolute atomic E-state index is 0.133. The number of para-hydroxylation sites is 4. The lowest BCUT2D eigenvalue weighted by Crippen LogP contribution is -2.18. The summed E-state index contributed by atoms with van der Waals surface area (Å²) < 4.78 is 14.7. The van der Waals surface area contributed by atoms with Crippen LogP contribution in [0.2, 0.25) is 0 Å². The predicted molar refractivity (Wildman–Crippen MR) is 228 cm³/mol. The molecule has 0 saturated carbocycles. The molecular formula is C51H32N4O2. The van der Waals surface area contributed by atoms with Gasteiger partial charge in [-0.15, -0.1) is 0 Å². The van der Waals surface area contributed by atoms with Gasteiger partial charge in [-0.25, -0.2) is 4.98 Å². The number of aromatic nitrogens is 4. The number of furan rings is 1. The Bertz CT molecular complexity index is 3280. The Hall–Kier alpha value is -7.57. The van der Waals surface area contributed by atoms with Gasteiger partial charge in [-0.05, 0) is 53.1 Å². The zero-order chi connectivity index (χ0) is 37.5. The van der Waals surface area contributed by atoms with Crippen molar-refractivity contribution in [1.82, 2.24) is 19.5 Å². The lowest BCUT2D eigenvalue weighted by Gasteiger charge is -2.19. The highest BCUT2D eigenvalue weighted by Gasteiger charge is 2.34. The van der Waals surface area contributed by atoms with Crippen molar-refractivity contribution in [2.24, 2.45) is 0 Å². The molecule has 1 aliphatic carbocycles. The number of allylic oxidation sites excluding steroid dienone is 2. The van der Waals surface area contributed by atoms with E-state index in [-0.39, 0.29) is 12.0 Å². The molecule has 2 atom stereocenters. The monoisotopic (exact) mass is 732 g/mol. The van der Waals surface area contributed by atoms with Gasteiger partial charge in [0.05, 0.1) is 11.0 Å². The number of ether oxygens (including phenoxy) is 1. The van der Waals surface area contributed by atoms with Crippen LogP contribution in [0.4, 0.5) is 0 Å². The molecule has 0 spiro atoms. The molecule has 4 heterocycles. The number of hydrogen-bond acceptors (Lipinski definition) is 5. The van der Waals surface area contributed by atoms with E-state index >= 15 is 0 Å². The van der Waals surface area contributed by atoms with Crippen molar-refractivity contribution in [3.05, 3.63) is 193 Å². The topological polar surface area (TPSA) is 66.0 Å². The van der Waals surface area contributed by atoms with Gasteiger partial charge in [0.2, 0.25) is 5.95 Å². The second kappa shape index (κ2) is 12.5. The van der Waals surface area contributed by atoms with E-state index in [0.717, 1.165) is 82.9 Å². The van der Waals surface area contributed by atoms with E-state index < -0.39 is 0 Å². The van der Waals surface area contributed by atoms with Crippen molar-refractivity contribution in [2.45, 2.75) is 12.0 Å². The Labute approximate surface area is 327 Å². The third-order valence-electron chi connectivity index (χ3n) is 11.4. The first-order valence-corrected chi connectivity index (χ1v) is 19.3. The summed E-state index contributed by atoms with van der Waals surface area (Å²) in [5.74, 6) is 2.84. The molecule has 6 nitrogen and oxygen atoms in total. The van der Waals surface area contributed by atoms with E-state index in [9.17, 15) is 0 Å². The minimum atomic E-state index is -0.133. The third-order valence-corrected chi connectivity index (χ3v) is 11.4. The molecule has 12 rings (SSSR count). The van der Waals surface area contributed by atoms with E-state index in [1.165, 1.54) is 5.56 Å². The van der Waals surface area contributed by atoms with Crippen LogP contribution in [0, 0.1) is 0 Å². The van der Waals surface area contributed by atoms with Crippen molar-refractivity contribution >= 4 is 49.3 Å². The zero-order valence-corrected chi connectivity index (χ0v) is 30.6. The van der Waals surface area contributed by atoms with Gasteiger partial charge in [-0.3, -0.25) is 4.57 Å². The van der Waals surface area contributed by atoms with Crippen molar-refractivity contribution in [3.63, 3.8) is 0 Å². The van der Waals surface area contributed by atoms with Crippen molar-refractivity contribution in [2.75, 3.05) is 0 Å². The Balaban J connectivity index is 1.01. The molecule has 3 aromatic heterocycles. The second-order valence-corrected chi connectivity index (χ2v) is 14.7. The number of hydrogen-bond donors (Lipinski definition) is 0. The molecule has 0 fully saturated rings. The molecule has 10 aromatic rings. The molecule has 0 amide bonds. The van der Waals surface area contributed by atoms with Crippen LogP contribution in [-0.4, -0.2) is 25.6 Å². The van der Waals surface area contributed by atoms with Gasteiger partial charge in [0.25, 0.3) is 0 Å². The average Bonchev–Trinajstić information content (AvgIpc) is 3.96. The first-order chi connectivity index (χ1) is 28.2. The standard InChI is InChI=1S/C51H32N4O2/c1-2-11-33(12-3-1)49-52-50(35-25-27-40-38-14-5-8-19-44(38)57-47(40)30-35)54-51(53-49)55-43-18-7-4-13-37(43)41-17-10-16-36(48(41)55)32-23-21-31(22-24-32)34-26-28-46-42(29-34)39-15-6-9-20-45(39)56-46/h1-30,40,47H. The van der Waals surface area contributed by atoms with Gasteiger partial charge < -0.3 is 9.15 Å². The van der Waals surface area contributed by atoms with Crippen LogP contribution < -0.4 is 4.74 Å². The summed E-state index contributed by atoms with van der Waals surface area (Å²) in [5.41, 5.74) is 11.4. The van der Waals surface area contributed by atoms with Crippen molar-refractivity contribution < 1.29 is 9.15 Å².